The van der Waals surface area contributed by atoms with Crippen molar-refractivity contribution in [2.45, 2.75) is 38.8 Å². The second-order valence-corrected chi connectivity index (χ2v) is 6.54. The molecule has 2 aromatic rings. The molecule has 27 heavy (non-hydrogen) atoms. The van der Waals surface area contributed by atoms with Gasteiger partial charge in [-0.1, -0.05) is 0 Å². The molecule has 6 heteroatoms. The van der Waals surface area contributed by atoms with E-state index in [-0.39, 0.29) is 17.1 Å². The molecule has 0 bridgehead atoms. The van der Waals surface area contributed by atoms with E-state index in [9.17, 15) is 9.59 Å². The molecule has 0 saturated heterocycles. The number of hydrogen-bond donors (Lipinski definition) is 1. The van der Waals surface area contributed by atoms with Gasteiger partial charge >= 0.3 is 29.1 Å². The maximum atomic E-state index is 11.7. The van der Waals surface area contributed by atoms with Crippen molar-refractivity contribution in [1.29, 1.82) is 0 Å². The van der Waals surface area contributed by atoms with E-state index in [0.29, 0.717) is 6.42 Å². The van der Waals surface area contributed by atoms with E-state index in [1.165, 1.54) is 7.11 Å². The molecule has 0 spiro atoms. The number of hydrogen-bond acceptors (Lipinski definition) is 4. The van der Waals surface area contributed by atoms with Crippen LogP contribution in [0.4, 0.5) is 4.79 Å². The largest absolute Gasteiger partial charge is 2.00 e. The van der Waals surface area contributed by atoms with E-state index in [0.717, 1.165) is 5.56 Å². The van der Waals surface area contributed by atoms with E-state index in [2.05, 4.69) is 10.1 Å². The molecule has 1 N–H and O–H groups in total. The Morgan fingerprint density at radius 3 is 2.19 bits per heavy atom. The van der Waals surface area contributed by atoms with Gasteiger partial charge in [0.25, 0.3) is 0 Å². The second kappa shape index (κ2) is 13.0. The second-order valence-electron chi connectivity index (χ2n) is 6.54. The standard InChI is InChI=1S/C16H22NO4.C5H5.Fe/c1-16(2,3)21-15(19)17-13(14(18)20-4)11-7-10-12-8-5-6-9-12;1-2-4-5-3-1;/h5-10,13H,11H2,1-4H3,(H,17,19);1-5H;/q2*-1;+2/t13-;;/m0../s1. The first kappa shape index (κ1) is 24.7. The predicted octanol–water partition coefficient (Wildman–Crippen LogP) is 4.28. The van der Waals surface area contributed by atoms with Crippen LogP contribution in [0.5, 0.6) is 0 Å². The number of alkyl carbamates (subject to hydrolysis) is 1. The Balaban J connectivity index is 0.000000969. The number of esters is 1. The molecule has 1 amide bonds. The van der Waals surface area contributed by atoms with E-state index < -0.39 is 23.7 Å². The van der Waals surface area contributed by atoms with E-state index >= 15 is 0 Å². The smallest absolute Gasteiger partial charge is 0.467 e. The van der Waals surface area contributed by atoms with Crippen LogP contribution in [0.15, 0.2) is 60.7 Å². The number of carbonyl (C=O) groups excluding carboxylic acids is 2. The van der Waals surface area contributed by atoms with Crippen LogP contribution in [-0.2, 0) is 31.3 Å². The third kappa shape index (κ3) is 11.8. The first-order chi connectivity index (χ1) is 12.3. The first-order valence-electron chi connectivity index (χ1n) is 8.44. The topological polar surface area (TPSA) is 64.6 Å². The molecule has 0 saturated carbocycles. The van der Waals surface area contributed by atoms with Crippen LogP contribution < -0.4 is 5.32 Å². The molecule has 0 aliphatic rings. The zero-order valence-corrected chi connectivity index (χ0v) is 17.2. The van der Waals surface area contributed by atoms with Gasteiger partial charge in [-0.15, -0.1) is 23.8 Å². The Hall–Kier alpha value is -2.30. The molecular weight excluding hydrogens is 386 g/mol. The first-order valence-corrected chi connectivity index (χ1v) is 8.44. The zero-order chi connectivity index (χ0) is 19.4. The molecule has 2 aromatic carbocycles. The minimum atomic E-state index is -0.768. The number of ether oxygens (including phenoxy) is 2. The zero-order valence-electron chi connectivity index (χ0n) is 16.1. The van der Waals surface area contributed by atoms with Crippen molar-refractivity contribution in [3.8, 4) is 0 Å². The van der Waals surface area contributed by atoms with Crippen molar-refractivity contribution in [2.75, 3.05) is 7.11 Å². The van der Waals surface area contributed by atoms with Gasteiger partial charge in [0.15, 0.2) is 0 Å². The monoisotopic (exact) mass is 413 g/mol. The fraction of sp³-hybridized carbons (Fsp3) is 0.333. The van der Waals surface area contributed by atoms with E-state index in [1.54, 1.807) is 20.8 Å². The molecule has 2 rings (SSSR count). The Kier molecular flexibility index (Phi) is 11.9. The Labute approximate surface area is 171 Å². The predicted molar refractivity (Wildman–Crippen MR) is 103 cm³/mol. The van der Waals surface area contributed by atoms with Crippen LogP contribution >= 0.6 is 0 Å². The van der Waals surface area contributed by atoms with Crippen molar-refractivity contribution in [3.05, 3.63) is 66.2 Å². The van der Waals surface area contributed by atoms with Gasteiger partial charge in [-0.3, -0.25) is 0 Å². The maximum absolute atomic E-state index is 11.7. The van der Waals surface area contributed by atoms with Crippen LogP contribution in [-0.4, -0.2) is 30.8 Å². The Bertz CT molecular complexity index is 638. The van der Waals surface area contributed by atoms with Crippen LogP contribution in [0, 0.1) is 0 Å². The summed E-state index contributed by atoms with van der Waals surface area (Å²) in [5.41, 5.74) is 0.423. The molecule has 0 aromatic heterocycles. The van der Waals surface area contributed by atoms with Gasteiger partial charge in [0.2, 0.25) is 0 Å². The molecular formula is C21H27FeNO4. The van der Waals surface area contributed by atoms with Crippen molar-refractivity contribution in [3.63, 3.8) is 0 Å². The van der Waals surface area contributed by atoms with Crippen LogP contribution in [0.25, 0.3) is 6.08 Å². The number of carbonyl (C=O) groups is 2. The third-order valence-electron chi connectivity index (χ3n) is 3.10. The van der Waals surface area contributed by atoms with Gasteiger partial charge in [0, 0.05) is 0 Å². The summed E-state index contributed by atoms with van der Waals surface area (Å²) in [6.45, 7) is 5.28. The molecule has 0 aliphatic heterocycles. The Morgan fingerprint density at radius 1 is 1.15 bits per heavy atom. The third-order valence-corrected chi connectivity index (χ3v) is 3.10. The summed E-state index contributed by atoms with van der Waals surface area (Å²) >= 11 is 0. The SMILES string of the molecule is COC(=O)[C@H](CC=C[c-]1cccc1)NC(=O)OC(C)(C)C.[Fe+2].c1cc[cH-]c1. The minimum Gasteiger partial charge on any atom is -0.467 e. The van der Waals surface area contributed by atoms with Gasteiger partial charge in [-0.05, 0) is 27.2 Å². The van der Waals surface area contributed by atoms with E-state index in [1.807, 2.05) is 66.7 Å². The number of amides is 1. The molecule has 0 heterocycles. The fourth-order valence-electron chi connectivity index (χ4n) is 1.97. The fourth-order valence-corrected chi connectivity index (χ4v) is 1.97. The van der Waals surface area contributed by atoms with Gasteiger partial charge in [0.05, 0.1) is 7.11 Å². The average Bonchev–Trinajstić information content (AvgIpc) is 3.27. The summed E-state index contributed by atoms with van der Waals surface area (Å²) in [6.07, 6.45) is 3.39. The van der Waals surface area contributed by atoms with Gasteiger partial charge in [-0.25, -0.2) is 21.7 Å². The maximum Gasteiger partial charge on any atom is 2.00 e. The molecule has 0 fully saturated rings. The number of rotatable bonds is 5. The van der Waals surface area contributed by atoms with Gasteiger partial charge < -0.3 is 14.8 Å². The van der Waals surface area contributed by atoms with Crippen LogP contribution in [0.3, 0.4) is 0 Å². The van der Waals surface area contributed by atoms with Crippen LogP contribution in [0.2, 0.25) is 0 Å². The van der Waals surface area contributed by atoms with E-state index in [4.69, 9.17) is 4.74 Å². The normalized spacial score (nSPS) is 11.6. The molecule has 148 valence electrons. The summed E-state index contributed by atoms with van der Waals surface area (Å²) in [7, 11) is 1.28. The molecule has 5 nitrogen and oxygen atoms in total. The van der Waals surface area contributed by atoms with Crippen molar-refractivity contribution in [2.24, 2.45) is 0 Å². The van der Waals surface area contributed by atoms with Crippen molar-refractivity contribution >= 4 is 18.1 Å². The Morgan fingerprint density at radius 2 is 1.74 bits per heavy atom. The summed E-state index contributed by atoms with van der Waals surface area (Å²) < 4.78 is 9.82. The number of nitrogens with one attached hydrogen (secondary N) is 1. The van der Waals surface area contributed by atoms with Crippen LogP contribution in [0.1, 0.15) is 32.8 Å². The summed E-state index contributed by atoms with van der Waals surface area (Å²) in [6, 6.07) is 17.0. The summed E-state index contributed by atoms with van der Waals surface area (Å²) in [4.78, 5) is 23.4. The molecule has 1 atom stereocenters. The van der Waals surface area contributed by atoms with Gasteiger partial charge in [-0.2, -0.15) is 36.4 Å². The molecule has 0 radical (unpaired) electrons. The quantitative estimate of drug-likeness (QED) is 0.452. The van der Waals surface area contributed by atoms with Crippen molar-refractivity contribution < 1.29 is 36.1 Å². The number of methoxy groups -OCH3 is 1. The minimum absolute atomic E-state index is 0. The van der Waals surface area contributed by atoms with Gasteiger partial charge in [0.1, 0.15) is 11.6 Å². The summed E-state index contributed by atoms with van der Waals surface area (Å²) in [5, 5.41) is 2.52. The summed E-state index contributed by atoms with van der Waals surface area (Å²) in [5.74, 6) is -0.506. The average molecular weight is 413 g/mol. The van der Waals surface area contributed by atoms with Crippen molar-refractivity contribution in [1.82, 2.24) is 5.32 Å². The molecule has 0 aliphatic carbocycles. The molecule has 0 unspecified atom stereocenters.